The summed E-state index contributed by atoms with van der Waals surface area (Å²) in [5.41, 5.74) is 5.72. The third-order valence-corrected chi connectivity index (χ3v) is 3.37. The van der Waals surface area contributed by atoms with Crippen molar-refractivity contribution in [2.24, 2.45) is 11.7 Å². The first-order valence-corrected chi connectivity index (χ1v) is 6.00. The monoisotopic (exact) mass is 214 g/mol. The molecule has 2 unspecified atom stereocenters. The Labute approximate surface area is 91.7 Å². The highest BCUT2D eigenvalue weighted by molar-refractivity contribution is 4.76. The molecule has 2 saturated heterocycles. The van der Waals surface area contributed by atoms with E-state index in [-0.39, 0.29) is 0 Å². The molecule has 0 spiro atoms. The van der Waals surface area contributed by atoms with Crippen molar-refractivity contribution in [1.82, 2.24) is 4.90 Å². The van der Waals surface area contributed by atoms with Crippen molar-refractivity contribution >= 4 is 0 Å². The average molecular weight is 214 g/mol. The van der Waals surface area contributed by atoms with Crippen LogP contribution in [-0.4, -0.2) is 50.6 Å². The number of hydrogen-bond acceptors (Lipinski definition) is 4. The predicted molar refractivity (Wildman–Crippen MR) is 58.5 cm³/mol. The molecule has 2 fully saturated rings. The number of ether oxygens (including phenoxy) is 2. The summed E-state index contributed by atoms with van der Waals surface area (Å²) < 4.78 is 10.7. The smallest absolute Gasteiger partial charge is 0.147 e. The molecule has 0 aromatic rings. The molecule has 0 aromatic heterocycles. The van der Waals surface area contributed by atoms with Gasteiger partial charge in [0.15, 0.2) is 0 Å². The van der Waals surface area contributed by atoms with Crippen LogP contribution in [0.2, 0.25) is 0 Å². The number of rotatable bonds is 3. The van der Waals surface area contributed by atoms with E-state index in [0.29, 0.717) is 18.8 Å². The molecule has 4 heteroatoms. The van der Waals surface area contributed by atoms with Crippen molar-refractivity contribution in [3.8, 4) is 0 Å². The van der Waals surface area contributed by atoms with Gasteiger partial charge < -0.3 is 20.1 Å². The van der Waals surface area contributed by atoms with Gasteiger partial charge in [0.05, 0.1) is 12.7 Å². The molecule has 4 nitrogen and oxygen atoms in total. The summed E-state index contributed by atoms with van der Waals surface area (Å²) in [6.07, 6.45) is 3.98. The highest BCUT2D eigenvalue weighted by Gasteiger charge is 2.23. The summed E-state index contributed by atoms with van der Waals surface area (Å²) in [5.74, 6) is 0.693. The van der Waals surface area contributed by atoms with Crippen molar-refractivity contribution in [3.63, 3.8) is 0 Å². The largest absolute Gasteiger partial charge is 0.355 e. The summed E-state index contributed by atoms with van der Waals surface area (Å²) >= 11 is 0. The molecular formula is C11H22N2O2. The molecule has 2 aliphatic heterocycles. The van der Waals surface area contributed by atoms with Crippen molar-refractivity contribution in [2.45, 2.75) is 25.4 Å². The van der Waals surface area contributed by atoms with E-state index in [1.807, 2.05) is 0 Å². The number of likely N-dealkylation sites (tertiary alicyclic amines) is 1. The third-order valence-electron chi connectivity index (χ3n) is 3.37. The highest BCUT2D eigenvalue weighted by Crippen LogP contribution is 2.17. The van der Waals surface area contributed by atoms with Crippen LogP contribution < -0.4 is 5.73 Å². The Hall–Kier alpha value is -0.160. The second-order valence-electron chi connectivity index (χ2n) is 4.61. The first kappa shape index (κ1) is 11.3. The lowest BCUT2D eigenvalue weighted by Gasteiger charge is -2.35. The lowest BCUT2D eigenvalue weighted by molar-refractivity contribution is -0.145. The quantitative estimate of drug-likeness (QED) is 0.739. The van der Waals surface area contributed by atoms with Gasteiger partial charge in [0.2, 0.25) is 0 Å². The predicted octanol–water partition coefficient (Wildman–Crippen LogP) is 0.420. The van der Waals surface area contributed by atoms with Gasteiger partial charge in [-0.15, -0.1) is 0 Å². The maximum absolute atomic E-state index is 5.72. The van der Waals surface area contributed by atoms with Crippen LogP contribution in [0, 0.1) is 5.92 Å². The summed E-state index contributed by atoms with van der Waals surface area (Å²) in [7, 11) is 0. The number of hydrogen-bond donors (Lipinski definition) is 1. The minimum Gasteiger partial charge on any atom is -0.355 e. The molecule has 0 aromatic carbocycles. The number of nitrogens with two attached hydrogens (primary N) is 1. The molecule has 88 valence electrons. The SMILES string of the molecule is NCC1CCCN(CC2CCOCO2)C1. The molecule has 2 rings (SSSR count). The van der Waals surface area contributed by atoms with E-state index in [1.54, 1.807) is 0 Å². The zero-order valence-corrected chi connectivity index (χ0v) is 9.36. The fourth-order valence-electron chi connectivity index (χ4n) is 2.44. The van der Waals surface area contributed by atoms with Gasteiger partial charge in [0.1, 0.15) is 6.79 Å². The van der Waals surface area contributed by atoms with Crippen LogP contribution >= 0.6 is 0 Å². The van der Waals surface area contributed by atoms with Gasteiger partial charge in [-0.25, -0.2) is 0 Å². The van der Waals surface area contributed by atoms with Gasteiger partial charge in [-0.05, 0) is 38.3 Å². The van der Waals surface area contributed by atoms with Gasteiger partial charge in [0.25, 0.3) is 0 Å². The molecule has 0 bridgehead atoms. The summed E-state index contributed by atoms with van der Waals surface area (Å²) in [6, 6.07) is 0. The Morgan fingerprint density at radius 2 is 2.27 bits per heavy atom. The van der Waals surface area contributed by atoms with Crippen molar-refractivity contribution in [1.29, 1.82) is 0 Å². The second kappa shape index (κ2) is 5.80. The molecule has 0 aliphatic carbocycles. The lowest BCUT2D eigenvalue weighted by atomic mass is 9.98. The van der Waals surface area contributed by atoms with E-state index < -0.39 is 0 Å². The molecule has 15 heavy (non-hydrogen) atoms. The molecule has 2 heterocycles. The van der Waals surface area contributed by atoms with Crippen LogP contribution in [0.1, 0.15) is 19.3 Å². The molecule has 2 N–H and O–H groups in total. The van der Waals surface area contributed by atoms with Crippen LogP contribution in [0.5, 0.6) is 0 Å². The van der Waals surface area contributed by atoms with Crippen LogP contribution in [0.3, 0.4) is 0 Å². The minimum absolute atomic E-state index is 0.371. The van der Waals surface area contributed by atoms with Gasteiger partial charge >= 0.3 is 0 Å². The molecular weight excluding hydrogens is 192 g/mol. The molecule has 0 saturated carbocycles. The summed E-state index contributed by atoms with van der Waals surface area (Å²) in [6.45, 7) is 5.55. The van der Waals surface area contributed by atoms with Crippen LogP contribution in [-0.2, 0) is 9.47 Å². The van der Waals surface area contributed by atoms with Gasteiger partial charge in [0, 0.05) is 13.1 Å². The number of nitrogens with zero attached hydrogens (tertiary/aromatic N) is 1. The Bertz CT molecular complexity index is 183. The van der Waals surface area contributed by atoms with Crippen LogP contribution in [0.15, 0.2) is 0 Å². The van der Waals surface area contributed by atoms with E-state index in [2.05, 4.69) is 4.90 Å². The van der Waals surface area contributed by atoms with E-state index in [9.17, 15) is 0 Å². The van der Waals surface area contributed by atoms with E-state index in [1.165, 1.54) is 19.4 Å². The van der Waals surface area contributed by atoms with Crippen molar-refractivity contribution in [3.05, 3.63) is 0 Å². The maximum atomic E-state index is 5.72. The summed E-state index contributed by atoms with van der Waals surface area (Å²) in [5, 5.41) is 0. The van der Waals surface area contributed by atoms with Crippen LogP contribution in [0.4, 0.5) is 0 Å². The molecule has 0 radical (unpaired) electrons. The van der Waals surface area contributed by atoms with Crippen molar-refractivity contribution in [2.75, 3.05) is 39.6 Å². The molecule has 0 amide bonds. The van der Waals surface area contributed by atoms with Crippen LogP contribution in [0.25, 0.3) is 0 Å². The normalized spacial score (nSPS) is 34.2. The maximum Gasteiger partial charge on any atom is 0.147 e. The Kier molecular flexibility index (Phi) is 4.38. The first-order chi connectivity index (χ1) is 7.38. The topological polar surface area (TPSA) is 47.7 Å². The minimum atomic E-state index is 0.371. The molecule has 2 atom stereocenters. The van der Waals surface area contributed by atoms with Gasteiger partial charge in [-0.3, -0.25) is 0 Å². The third kappa shape index (κ3) is 3.41. The highest BCUT2D eigenvalue weighted by atomic mass is 16.7. The fraction of sp³-hybridized carbons (Fsp3) is 1.00. The van der Waals surface area contributed by atoms with E-state index in [4.69, 9.17) is 15.2 Å². The first-order valence-electron chi connectivity index (χ1n) is 6.00. The summed E-state index contributed by atoms with van der Waals surface area (Å²) in [4.78, 5) is 2.50. The zero-order valence-electron chi connectivity index (χ0n) is 9.36. The van der Waals surface area contributed by atoms with Crippen molar-refractivity contribution < 1.29 is 9.47 Å². The zero-order chi connectivity index (χ0) is 10.5. The van der Waals surface area contributed by atoms with Gasteiger partial charge in [-0.2, -0.15) is 0 Å². The average Bonchev–Trinajstić information content (AvgIpc) is 2.31. The van der Waals surface area contributed by atoms with Gasteiger partial charge in [-0.1, -0.05) is 0 Å². The Morgan fingerprint density at radius 3 is 3.00 bits per heavy atom. The Morgan fingerprint density at radius 1 is 1.33 bits per heavy atom. The number of piperidine rings is 1. The standard InChI is InChI=1S/C11H22N2O2/c12-6-10-2-1-4-13(7-10)8-11-3-5-14-9-15-11/h10-11H,1-9,12H2. The van der Waals surface area contributed by atoms with E-state index >= 15 is 0 Å². The molecule has 2 aliphatic rings. The lowest BCUT2D eigenvalue weighted by Crippen LogP contribution is -2.44. The fourth-order valence-corrected chi connectivity index (χ4v) is 2.44. The second-order valence-corrected chi connectivity index (χ2v) is 4.61. The Balaban J connectivity index is 1.72. The van der Waals surface area contributed by atoms with E-state index in [0.717, 1.165) is 32.7 Å².